The number of carbonyl (C=O) groups is 2. The second-order valence-electron chi connectivity index (χ2n) is 5.08. The standard InChI is InChI=1S/C15H20ClN3O2/c1-12(20)17-6-5-15(21)19-9-7-18(8-10-19)14-4-2-3-13(16)11-14/h2-4,11H,5-10H2,1H3,(H,17,20). The smallest absolute Gasteiger partial charge is 0.224 e. The maximum absolute atomic E-state index is 12.0. The summed E-state index contributed by atoms with van der Waals surface area (Å²) in [6.45, 7) is 4.85. The molecular weight excluding hydrogens is 290 g/mol. The van der Waals surface area contributed by atoms with Gasteiger partial charge in [0.15, 0.2) is 0 Å². The topological polar surface area (TPSA) is 52.7 Å². The number of anilines is 1. The molecule has 0 aromatic heterocycles. The minimum absolute atomic E-state index is 0.0921. The number of benzene rings is 1. The molecule has 1 aliphatic rings. The lowest BCUT2D eigenvalue weighted by Gasteiger charge is -2.36. The molecule has 0 radical (unpaired) electrons. The predicted molar refractivity (Wildman–Crippen MR) is 83.5 cm³/mol. The summed E-state index contributed by atoms with van der Waals surface area (Å²) in [5.74, 6) is -0.0110. The fourth-order valence-electron chi connectivity index (χ4n) is 2.39. The predicted octanol–water partition coefficient (Wildman–Crippen LogP) is 1.51. The molecule has 1 heterocycles. The highest BCUT2D eigenvalue weighted by Gasteiger charge is 2.21. The highest BCUT2D eigenvalue weighted by Crippen LogP contribution is 2.20. The van der Waals surface area contributed by atoms with Crippen molar-refractivity contribution in [2.75, 3.05) is 37.6 Å². The second-order valence-corrected chi connectivity index (χ2v) is 5.52. The zero-order valence-electron chi connectivity index (χ0n) is 12.1. The first-order valence-corrected chi connectivity index (χ1v) is 7.47. The Morgan fingerprint density at radius 3 is 2.57 bits per heavy atom. The van der Waals surface area contributed by atoms with Crippen LogP contribution in [0.4, 0.5) is 5.69 Å². The molecule has 21 heavy (non-hydrogen) atoms. The number of rotatable bonds is 4. The fraction of sp³-hybridized carbons (Fsp3) is 0.467. The molecule has 0 atom stereocenters. The Balaban J connectivity index is 1.80. The van der Waals surface area contributed by atoms with E-state index in [-0.39, 0.29) is 11.8 Å². The minimum Gasteiger partial charge on any atom is -0.368 e. The van der Waals surface area contributed by atoms with Gasteiger partial charge in [0, 0.05) is 56.8 Å². The summed E-state index contributed by atoms with van der Waals surface area (Å²) < 4.78 is 0. The Morgan fingerprint density at radius 2 is 1.95 bits per heavy atom. The van der Waals surface area contributed by atoms with Gasteiger partial charge in [-0.1, -0.05) is 17.7 Å². The first-order valence-electron chi connectivity index (χ1n) is 7.09. The van der Waals surface area contributed by atoms with Crippen LogP contribution in [0.5, 0.6) is 0 Å². The van der Waals surface area contributed by atoms with E-state index in [4.69, 9.17) is 11.6 Å². The van der Waals surface area contributed by atoms with Crippen LogP contribution in [0.2, 0.25) is 5.02 Å². The molecule has 1 aromatic rings. The highest BCUT2D eigenvalue weighted by atomic mass is 35.5. The van der Waals surface area contributed by atoms with E-state index in [1.807, 2.05) is 29.2 Å². The third-order valence-corrected chi connectivity index (χ3v) is 3.75. The summed E-state index contributed by atoms with van der Waals surface area (Å²) in [5, 5.41) is 3.37. The van der Waals surface area contributed by atoms with Gasteiger partial charge in [0.05, 0.1) is 0 Å². The van der Waals surface area contributed by atoms with Gasteiger partial charge in [-0.2, -0.15) is 0 Å². The summed E-state index contributed by atoms with van der Waals surface area (Å²) in [7, 11) is 0. The summed E-state index contributed by atoms with van der Waals surface area (Å²) in [6.07, 6.45) is 0.358. The number of hydrogen-bond acceptors (Lipinski definition) is 3. The van der Waals surface area contributed by atoms with Crippen molar-refractivity contribution in [1.29, 1.82) is 0 Å². The summed E-state index contributed by atoms with van der Waals surface area (Å²) >= 11 is 6.00. The van der Waals surface area contributed by atoms with Crippen LogP contribution in [0.1, 0.15) is 13.3 Å². The van der Waals surface area contributed by atoms with E-state index in [1.165, 1.54) is 6.92 Å². The molecule has 2 amide bonds. The van der Waals surface area contributed by atoms with Gasteiger partial charge in [-0.25, -0.2) is 0 Å². The van der Waals surface area contributed by atoms with Gasteiger partial charge in [-0.15, -0.1) is 0 Å². The lowest BCUT2D eigenvalue weighted by atomic mass is 10.2. The number of piperazine rings is 1. The van der Waals surface area contributed by atoms with Crippen LogP contribution in [-0.4, -0.2) is 49.4 Å². The first-order chi connectivity index (χ1) is 10.1. The molecular formula is C15H20ClN3O2. The molecule has 0 aliphatic carbocycles. The number of hydrogen-bond donors (Lipinski definition) is 1. The molecule has 1 saturated heterocycles. The zero-order valence-corrected chi connectivity index (χ0v) is 12.9. The molecule has 0 saturated carbocycles. The third-order valence-electron chi connectivity index (χ3n) is 3.52. The summed E-state index contributed by atoms with van der Waals surface area (Å²) in [5.41, 5.74) is 1.09. The van der Waals surface area contributed by atoms with Crippen molar-refractivity contribution in [2.45, 2.75) is 13.3 Å². The van der Waals surface area contributed by atoms with Crippen LogP contribution >= 0.6 is 11.6 Å². The van der Waals surface area contributed by atoms with Crippen molar-refractivity contribution >= 4 is 29.1 Å². The van der Waals surface area contributed by atoms with Gasteiger partial charge in [-0.05, 0) is 18.2 Å². The normalized spacial score (nSPS) is 15.0. The van der Waals surface area contributed by atoms with Crippen molar-refractivity contribution in [3.8, 4) is 0 Å². The van der Waals surface area contributed by atoms with Crippen LogP contribution in [0, 0.1) is 0 Å². The van der Waals surface area contributed by atoms with Crippen LogP contribution < -0.4 is 10.2 Å². The SMILES string of the molecule is CC(=O)NCCC(=O)N1CCN(c2cccc(Cl)c2)CC1. The maximum atomic E-state index is 12.0. The highest BCUT2D eigenvalue weighted by molar-refractivity contribution is 6.30. The van der Waals surface area contributed by atoms with Crippen LogP contribution in [0.15, 0.2) is 24.3 Å². The molecule has 0 unspecified atom stereocenters. The van der Waals surface area contributed by atoms with Gasteiger partial charge in [0.2, 0.25) is 11.8 Å². The monoisotopic (exact) mass is 309 g/mol. The number of nitrogens with zero attached hydrogens (tertiary/aromatic N) is 2. The Morgan fingerprint density at radius 1 is 1.24 bits per heavy atom. The lowest BCUT2D eigenvalue weighted by Crippen LogP contribution is -2.49. The quantitative estimate of drug-likeness (QED) is 0.917. The maximum Gasteiger partial charge on any atom is 0.224 e. The van der Waals surface area contributed by atoms with E-state index >= 15 is 0 Å². The first kappa shape index (κ1) is 15.6. The molecule has 1 aliphatic heterocycles. The van der Waals surface area contributed by atoms with Crippen molar-refractivity contribution in [1.82, 2.24) is 10.2 Å². The fourth-order valence-corrected chi connectivity index (χ4v) is 2.57. The van der Waals surface area contributed by atoms with Crippen LogP contribution in [-0.2, 0) is 9.59 Å². The van der Waals surface area contributed by atoms with Crippen molar-refractivity contribution in [3.05, 3.63) is 29.3 Å². The van der Waals surface area contributed by atoms with Crippen LogP contribution in [0.3, 0.4) is 0 Å². The Bertz CT molecular complexity index is 513. The molecule has 6 heteroatoms. The van der Waals surface area contributed by atoms with Gasteiger partial charge < -0.3 is 15.1 Å². The molecule has 114 valence electrons. The van der Waals surface area contributed by atoms with Crippen LogP contribution in [0.25, 0.3) is 0 Å². The van der Waals surface area contributed by atoms with Crippen molar-refractivity contribution < 1.29 is 9.59 Å². The molecule has 1 aromatic carbocycles. The number of carbonyl (C=O) groups excluding carboxylic acids is 2. The second kappa shape index (κ2) is 7.31. The van der Waals surface area contributed by atoms with Crippen molar-refractivity contribution in [2.24, 2.45) is 0 Å². The van der Waals surface area contributed by atoms with E-state index in [2.05, 4.69) is 10.2 Å². The van der Waals surface area contributed by atoms with E-state index < -0.39 is 0 Å². The zero-order chi connectivity index (χ0) is 15.2. The minimum atomic E-state index is -0.103. The van der Waals surface area contributed by atoms with Gasteiger partial charge in [0.1, 0.15) is 0 Å². The van der Waals surface area contributed by atoms with Gasteiger partial charge in [-0.3, -0.25) is 9.59 Å². The van der Waals surface area contributed by atoms with Crippen molar-refractivity contribution in [3.63, 3.8) is 0 Å². The Hall–Kier alpha value is -1.75. The Labute approximate surface area is 129 Å². The summed E-state index contributed by atoms with van der Waals surface area (Å²) in [6, 6.07) is 7.76. The largest absolute Gasteiger partial charge is 0.368 e. The van der Waals surface area contributed by atoms with E-state index in [0.29, 0.717) is 26.1 Å². The molecule has 5 nitrogen and oxygen atoms in total. The third kappa shape index (κ3) is 4.63. The Kier molecular flexibility index (Phi) is 5.44. The molecule has 2 rings (SSSR count). The molecule has 0 bridgehead atoms. The number of amides is 2. The molecule has 1 fully saturated rings. The van der Waals surface area contributed by atoms with Gasteiger partial charge in [0.25, 0.3) is 0 Å². The molecule has 0 spiro atoms. The number of nitrogens with one attached hydrogen (secondary N) is 1. The number of halogens is 1. The van der Waals surface area contributed by atoms with E-state index in [9.17, 15) is 9.59 Å². The van der Waals surface area contributed by atoms with E-state index in [0.717, 1.165) is 23.8 Å². The average molecular weight is 310 g/mol. The average Bonchev–Trinajstić information content (AvgIpc) is 2.47. The summed E-state index contributed by atoms with van der Waals surface area (Å²) in [4.78, 5) is 26.9. The lowest BCUT2D eigenvalue weighted by molar-refractivity contribution is -0.131. The van der Waals surface area contributed by atoms with E-state index in [1.54, 1.807) is 0 Å². The van der Waals surface area contributed by atoms with Gasteiger partial charge >= 0.3 is 0 Å². The molecule has 1 N–H and O–H groups in total.